The molecule has 0 unspecified atom stereocenters. The van der Waals surface area contributed by atoms with Crippen molar-refractivity contribution in [2.24, 2.45) is 0 Å². The molecule has 0 heterocycles. The Balaban J connectivity index is 3.32. The monoisotopic (exact) mass is 681 g/mol. The molecule has 0 aliphatic heterocycles. The highest BCUT2D eigenvalue weighted by Crippen LogP contribution is 2.50. The van der Waals surface area contributed by atoms with Crippen LogP contribution in [0, 0.1) is 0 Å². The van der Waals surface area contributed by atoms with Crippen LogP contribution in [0.3, 0.4) is 0 Å². The third-order valence-electron chi connectivity index (χ3n) is 4.64. The maximum atomic E-state index is 13.6. The molecule has 0 fully saturated rings. The molecule has 1 aromatic carbocycles. The Kier molecular flexibility index (Phi) is 9.94. The number of alkyl halides is 16. The number of benzene rings is 1. The molecule has 2 N–H and O–H groups in total. The summed E-state index contributed by atoms with van der Waals surface area (Å²) in [5.41, 5.74) is 3.86. The molecule has 0 saturated carbocycles. The standard InChI is InChI=1S/C16H11F16NO6S2/c17-9(18)13(25,26)15(29,30)11(21,22)4-38-40(34,35)6-1-2-7(33)8(3-6)41(36,37)39-5-12(23,24)16(31,32)14(27,28)10(19)20/h1-3,9-10H,4-5,33H2. The van der Waals surface area contributed by atoms with Crippen molar-refractivity contribution in [1.29, 1.82) is 0 Å². The molecule has 1 aromatic rings. The lowest BCUT2D eigenvalue weighted by atomic mass is 10.1. The van der Waals surface area contributed by atoms with Crippen molar-refractivity contribution in [1.82, 2.24) is 0 Å². The second kappa shape index (κ2) is 11.1. The van der Waals surface area contributed by atoms with Crippen LogP contribution < -0.4 is 5.73 Å². The smallest absolute Gasteiger partial charge is 0.380 e. The lowest BCUT2D eigenvalue weighted by Gasteiger charge is -2.31. The average Bonchev–Trinajstić information content (AvgIpc) is 2.81. The first-order chi connectivity index (χ1) is 17.9. The molecule has 240 valence electrons. The van der Waals surface area contributed by atoms with Crippen molar-refractivity contribution < 1.29 is 95.4 Å². The summed E-state index contributed by atoms with van der Waals surface area (Å²) in [4.78, 5) is -3.61. The topological polar surface area (TPSA) is 113 Å². The highest BCUT2D eigenvalue weighted by molar-refractivity contribution is 7.87. The van der Waals surface area contributed by atoms with E-state index in [0.29, 0.717) is 0 Å². The summed E-state index contributed by atoms with van der Waals surface area (Å²) >= 11 is 0. The van der Waals surface area contributed by atoms with Crippen LogP contribution in [0.5, 0.6) is 0 Å². The third-order valence-corrected chi connectivity index (χ3v) is 7.22. The minimum atomic E-state index is -6.96. The predicted molar refractivity (Wildman–Crippen MR) is 98.8 cm³/mol. The van der Waals surface area contributed by atoms with Crippen LogP contribution in [0.2, 0.25) is 0 Å². The normalized spacial score (nSPS) is 15.2. The van der Waals surface area contributed by atoms with Crippen LogP contribution in [0.1, 0.15) is 0 Å². The number of nitrogens with two attached hydrogens (primary N) is 1. The van der Waals surface area contributed by atoms with Crippen LogP contribution in [0.25, 0.3) is 0 Å². The molecule has 0 radical (unpaired) electrons. The van der Waals surface area contributed by atoms with Gasteiger partial charge in [-0.1, -0.05) is 0 Å². The molecular formula is C16H11F16NO6S2. The Labute approximate surface area is 217 Å². The minimum absolute atomic E-state index is 0.111. The number of nitrogen functional groups attached to an aromatic ring is 1. The third kappa shape index (κ3) is 6.71. The van der Waals surface area contributed by atoms with Crippen molar-refractivity contribution in [2.75, 3.05) is 18.9 Å². The van der Waals surface area contributed by atoms with Gasteiger partial charge in [0.25, 0.3) is 20.2 Å². The van der Waals surface area contributed by atoms with E-state index >= 15 is 0 Å². The van der Waals surface area contributed by atoms with Gasteiger partial charge in [-0.05, 0) is 18.2 Å². The fraction of sp³-hybridized carbons (Fsp3) is 0.625. The van der Waals surface area contributed by atoms with Gasteiger partial charge >= 0.3 is 48.4 Å². The first kappa shape index (κ1) is 36.7. The van der Waals surface area contributed by atoms with Gasteiger partial charge in [0.15, 0.2) is 0 Å². The van der Waals surface area contributed by atoms with Crippen LogP contribution in [-0.4, -0.2) is 78.4 Å². The number of anilines is 1. The lowest BCUT2D eigenvalue weighted by Crippen LogP contribution is -2.59. The average molecular weight is 681 g/mol. The van der Waals surface area contributed by atoms with E-state index in [1.165, 1.54) is 0 Å². The maximum Gasteiger partial charge on any atom is 0.380 e. The van der Waals surface area contributed by atoms with Gasteiger partial charge in [0, 0.05) is 0 Å². The zero-order valence-electron chi connectivity index (χ0n) is 18.7. The SMILES string of the molecule is Nc1ccc(S(=O)(=O)OCC(F)(F)C(F)(F)C(F)(F)C(F)F)cc1S(=O)(=O)OCC(F)(F)C(F)(F)C(F)(F)C(F)F. The minimum Gasteiger partial charge on any atom is -0.398 e. The first-order valence-electron chi connectivity index (χ1n) is 9.44. The van der Waals surface area contributed by atoms with Crippen molar-refractivity contribution >= 4 is 25.9 Å². The van der Waals surface area contributed by atoms with E-state index in [1.54, 1.807) is 0 Å². The molecular weight excluding hydrogens is 670 g/mol. The lowest BCUT2D eigenvalue weighted by molar-refractivity contribution is -0.342. The molecule has 0 aliphatic carbocycles. The van der Waals surface area contributed by atoms with Gasteiger partial charge in [-0.2, -0.15) is 69.5 Å². The van der Waals surface area contributed by atoms with Crippen LogP contribution in [0.15, 0.2) is 28.0 Å². The molecule has 0 bridgehead atoms. The van der Waals surface area contributed by atoms with E-state index in [2.05, 4.69) is 8.37 Å². The molecule has 0 saturated heterocycles. The number of hydrogen-bond acceptors (Lipinski definition) is 7. The summed E-state index contributed by atoms with van der Waals surface area (Å²) in [6.07, 6.45) is -10.8. The number of hydrogen-bond donors (Lipinski definition) is 1. The summed E-state index contributed by atoms with van der Waals surface area (Å²) < 4.78 is 262. The summed E-state index contributed by atoms with van der Waals surface area (Å²) in [5, 5.41) is 0. The first-order valence-corrected chi connectivity index (χ1v) is 12.3. The zero-order chi connectivity index (χ0) is 32.8. The molecule has 0 aromatic heterocycles. The van der Waals surface area contributed by atoms with Crippen molar-refractivity contribution in [3.8, 4) is 0 Å². The van der Waals surface area contributed by atoms with Crippen LogP contribution in [-0.2, 0) is 28.6 Å². The Morgan fingerprint density at radius 1 is 0.634 bits per heavy atom. The number of halogens is 16. The van der Waals surface area contributed by atoms with E-state index in [-0.39, 0.29) is 18.2 Å². The van der Waals surface area contributed by atoms with Gasteiger partial charge in [-0.15, -0.1) is 0 Å². The molecule has 25 heteroatoms. The Morgan fingerprint density at radius 3 is 1.32 bits per heavy atom. The Hall–Kier alpha value is -2.28. The molecule has 0 aliphatic rings. The Bertz CT molecular complexity index is 1320. The fourth-order valence-electron chi connectivity index (χ4n) is 2.26. The van der Waals surface area contributed by atoms with Gasteiger partial charge in [0.2, 0.25) is 0 Å². The van der Waals surface area contributed by atoms with Crippen molar-refractivity contribution in [3.05, 3.63) is 18.2 Å². The van der Waals surface area contributed by atoms with E-state index in [0.717, 1.165) is 0 Å². The van der Waals surface area contributed by atoms with Crippen molar-refractivity contribution in [2.45, 2.75) is 58.2 Å². The summed E-state index contributed by atoms with van der Waals surface area (Å²) in [7, 11) is -12.1. The molecule has 0 amide bonds. The van der Waals surface area contributed by atoms with Gasteiger partial charge in [0.05, 0.1) is 10.6 Å². The molecule has 0 atom stereocenters. The zero-order valence-corrected chi connectivity index (χ0v) is 20.3. The van der Waals surface area contributed by atoms with Gasteiger partial charge in [-0.3, -0.25) is 8.37 Å². The molecule has 0 spiro atoms. The van der Waals surface area contributed by atoms with Crippen LogP contribution in [0.4, 0.5) is 75.9 Å². The van der Waals surface area contributed by atoms with Crippen molar-refractivity contribution in [3.63, 3.8) is 0 Å². The summed E-state index contributed by atoms with van der Waals surface area (Å²) in [6.45, 7) is -6.59. The predicted octanol–water partition coefficient (Wildman–Crippen LogP) is 5.02. The van der Waals surface area contributed by atoms with Crippen LogP contribution >= 0.6 is 0 Å². The quantitative estimate of drug-likeness (QED) is 0.167. The van der Waals surface area contributed by atoms with E-state index < -0.39 is 97.3 Å². The highest BCUT2D eigenvalue weighted by Gasteiger charge is 2.76. The fourth-order valence-corrected chi connectivity index (χ4v) is 4.33. The Morgan fingerprint density at radius 2 is 0.976 bits per heavy atom. The van der Waals surface area contributed by atoms with Gasteiger partial charge < -0.3 is 5.73 Å². The largest absolute Gasteiger partial charge is 0.398 e. The highest BCUT2D eigenvalue weighted by atomic mass is 32.2. The molecule has 1 rings (SSSR count). The van der Waals surface area contributed by atoms with E-state index in [4.69, 9.17) is 5.73 Å². The molecule has 41 heavy (non-hydrogen) atoms. The van der Waals surface area contributed by atoms with E-state index in [1.807, 2.05) is 0 Å². The second-order valence-electron chi connectivity index (χ2n) is 7.54. The summed E-state index contributed by atoms with van der Waals surface area (Å²) in [6, 6.07) is -0.102. The van der Waals surface area contributed by atoms with E-state index in [9.17, 15) is 87.1 Å². The summed E-state index contributed by atoms with van der Waals surface area (Å²) in [5.74, 6) is -40.1. The number of rotatable bonds is 14. The second-order valence-corrected chi connectivity index (χ2v) is 10.7. The van der Waals surface area contributed by atoms with Gasteiger partial charge in [-0.25, -0.2) is 17.6 Å². The maximum absolute atomic E-state index is 13.6. The molecule has 7 nitrogen and oxygen atoms in total. The van der Waals surface area contributed by atoms with Gasteiger partial charge in [0.1, 0.15) is 18.1 Å².